The topological polar surface area (TPSA) is 24.8 Å². The first kappa shape index (κ1) is 15.6. The highest BCUT2D eigenvalue weighted by molar-refractivity contribution is 6.08. The third-order valence-electron chi connectivity index (χ3n) is 5.30. The Balaban J connectivity index is 1.35. The molecule has 2 aromatic rings. The minimum absolute atomic E-state index is 0.725. The van der Waals surface area contributed by atoms with E-state index < -0.39 is 0 Å². The van der Waals surface area contributed by atoms with Crippen molar-refractivity contribution in [3.8, 4) is 0 Å². The molecule has 0 atom stereocenters. The molecule has 0 radical (unpaired) electrons. The van der Waals surface area contributed by atoms with Gasteiger partial charge in [-0.3, -0.25) is 0 Å². The number of oxime groups is 1. The van der Waals surface area contributed by atoms with Gasteiger partial charge in [0.15, 0.2) is 0 Å². The van der Waals surface area contributed by atoms with E-state index in [4.69, 9.17) is 4.84 Å². The number of likely N-dealkylation sites (tertiary alicyclic amines) is 1. The van der Waals surface area contributed by atoms with Crippen LogP contribution < -0.4 is 0 Å². The molecule has 0 saturated carbocycles. The van der Waals surface area contributed by atoms with E-state index in [1.54, 1.807) is 0 Å². The quantitative estimate of drug-likeness (QED) is 0.603. The molecule has 1 saturated heterocycles. The Hall–Kier alpha value is -1.87. The summed E-state index contributed by atoms with van der Waals surface area (Å²) in [5, 5.41) is 7.14. The zero-order valence-corrected chi connectivity index (χ0v) is 14.3. The molecule has 1 heterocycles. The van der Waals surface area contributed by atoms with Crippen LogP contribution in [0.25, 0.3) is 10.8 Å². The highest BCUT2D eigenvalue weighted by Crippen LogP contribution is 2.30. The fraction of sp³-hybridized carbons (Fsp3) is 0.476. The number of aryl methyl sites for hydroxylation is 1. The lowest BCUT2D eigenvalue weighted by Crippen LogP contribution is -2.31. The fourth-order valence-electron chi connectivity index (χ4n) is 4.01. The Morgan fingerprint density at radius 2 is 1.83 bits per heavy atom. The molecule has 3 heteroatoms. The number of hydrogen-bond acceptors (Lipinski definition) is 3. The molecule has 2 aromatic carbocycles. The molecule has 0 spiro atoms. The standard InChI is InChI=1S/C21H26N2O/c1-4-13-23(14-5-1)15-6-16-24-22-21-12-11-19-18-8-3-2-7-17(18)9-10-20(19)21/h2-3,7-10H,1,4-6,11-16H2. The minimum Gasteiger partial charge on any atom is -0.396 e. The van der Waals surface area contributed by atoms with Crippen molar-refractivity contribution >= 4 is 16.5 Å². The summed E-state index contributed by atoms with van der Waals surface area (Å²) < 4.78 is 0. The van der Waals surface area contributed by atoms with Crippen molar-refractivity contribution in [3.63, 3.8) is 0 Å². The van der Waals surface area contributed by atoms with E-state index in [9.17, 15) is 0 Å². The maximum Gasteiger partial charge on any atom is 0.118 e. The van der Waals surface area contributed by atoms with Gasteiger partial charge in [-0.05, 0) is 61.5 Å². The first-order chi connectivity index (χ1) is 11.9. The summed E-state index contributed by atoms with van der Waals surface area (Å²) in [5.74, 6) is 0. The van der Waals surface area contributed by atoms with Crippen molar-refractivity contribution in [1.29, 1.82) is 0 Å². The Kier molecular flexibility index (Phi) is 4.79. The molecule has 0 N–H and O–H groups in total. The van der Waals surface area contributed by atoms with Gasteiger partial charge in [-0.15, -0.1) is 0 Å². The summed E-state index contributed by atoms with van der Waals surface area (Å²) in [6.45, 7) is 4.39. The van der Waals surface area contributed by atoms with Crippen molar-refractivity contribution < 1.29 is 4.84 Å². The number of fused-ring (bicyclic) bond motifs is 3. The molecule has 126 valence electrons. The van der Waals surface area contributed by atoms with Crippen LogP contribution in [-0.4, -0.2) is 36.9 Å². The summed E-state index contributed by atoms with van der Waals surface area (Å²) in [5.41, 5.74) is 3.84. The number of piperidine rings is 1. The van der Waals surface area contributed by atoms with Gasteiger partial charge in [0.25, 0.3) is 0 Å². The van der Waals surface area contributed by atoms with Gasteiger partial charge in [0.05, 0.1) is 5.71 Å². The average Bonchev–Trinajstić information content (AvgIpc) is 3.06. The molecular weight excluding hydrogens is 296 g/mol. The average molecular weight is 322 g/mol. The van der Waals surface area contributed by atoms with Gasteiger partial charge >= 0.3 is 0 Å². The molecule has 4 rings (SSSR count). The molecule has 1 aliphatic carbocycles. The van der Waals surface area contributed by atoms with E-state index in [0.29, 0.717) is 0 Å². The fourth-order valence-corrected chi connectivity index (χ4v) is 4.01. The van der Waals surface area contributed by atoms with Crippen LogP contribution in [0.15, 0.2) is 41.6 Å². The molecule has 0 amide bonds. The molecule has 2 aliphatic rings. The lowest BCUT2D eigenvalue weighted by molar-refractivity contribution is 0.124. The molecule has 24 heavy (non-hydrogen) atoms. The van der Waals surface area contributed by atoms with Crippen molar-refractivity contribution in [1.82, 2.24) is 4.90 Å². The third kappa shape index (κ3) is 3.32. The molecule has 0 unspecified atom stereocenters. The maximum atomic E-state index is 5.64. The summed E-state index contributed by atoms with van der Waals surface area (Å²) >= 11 is 0. The van der Waals surface area contributed by atoms with Gasteiger partial charge in [-0.1, -0.05) is 48.0 Å². The Bertz CT molecular complexity index is 732. The van der Waals surface area contributed by atoms with Crippen LogP contribution in [0, 0.1) is 0 Å². The summed E-state index contributed by atoms with van der Waals surface area (Å²) in [7, 11) is 0. The lowest BCUT2D eigenvalue weighted by atomic mass is 10.0. The zero-order valence-electron chi connectivity index (χ0n) is 14.3. The van der Waals surface area contributed by atoms with Gasteiger partial charge in [-0.25, -0.2) is 0 Å². The van der Waals surface area contributed by atoms with Crippen LogP contribution >= 0.6 is 0 Å². The highest BCUT2D eigenvalue weighted by atomic mass is 16.6. The number of hydrogen-bond donors (Lipinski definition) is 0. The number of rotatable bonds is 5. The molecular formula is C21H26N2O. The maximum absolute atomic E-state index is 5.64. The molecule has 0 aromatic heterocycles. The van der Waals surface area contributed by atoms with Crippen LogP contribution in [0.5, 0.6) is 0 Å². The van der Waals surface area contributed by atoms with Gasteiger partial charge in [0, 0.05) is 12.1 Å². The Morgan fingerprint density at radius 1 is 0.958 bits per heavy atom. The summed E-state index contributed by atoms with van der Waals surface area (Å²) in [4.78, 5) is 8.19. The third-order valence-corrected chi connectivity index (χ3v) is 5.30. The van der Waals surface area contributed by atoms with Gasteiger partial charge in [0.2, 0.25) is 0 Å². The second kappa shape index (κ2) is 7.35. The van der Waals surface area contributed by atoms with Crippen molar-refractivity contribution in [2.45, 2.75) is 38.5 Å². The van der Waals surface area contributed by atoms with E-state index in [0.717, 1.165) is 38.1 Å². The predicted octanol–water partition coefficient (Wildman–Crippen LogP) is 4.38. The lowest BCUT2D eigenvalue weighted by Gasteiger charge is -2.25. The molecule has 1 aliphatic heterocycles. The molecule has 1 fully saturated rings. The number of nitrogens with zero attached hydrogens (tertiary/aromatic N) is 2. The monoisotopic (exact) mass is 322 g/mol. The second-order valence-electron chi connectivity index (χ2n) is 6.94. The SMILES string of the molecule is c1ccc2c3c(ccc2c1)C(=NOCCCN1CCCCC1)CC3. The first-order valence-corrected chi connectivity index (χ1v) is 9.34. The second-order valence-corrected chi connectivity index (χ2v) is 6.94. The van der Waals surface area contributed by atoms with Crippen molar-refractivity contribution in [2.75, 3.05) is 26.2 Å². The zero-order chi connectivity index (χ0) is 16.2. The largest absolute Gasteiger partial charge is 0.396 e. The highest BCUT2D eigenvalue weighted by Gasteiger charge is 2.20. The minimum atomic E-state index is 0.725. The smallest absolute Gasteiger partial charge is 0.118 e. The van der Waals surface area contributed by atoms with E-state index in [1.165, 1.54) is 54.3 Å². The van der Waals surface area contributed by atoms with Crippen LogP contribution in [0.1, 0.15) is 43.2 Å². The van der Waals surface area contributed by atoms with Gasteiger partial charge in [-0.2, -0.15) is 0 Å². The van der Waals surface area contributed by atoms with Crippen LogP contribution in [0.4, 0.5) is 0 Å². The number of benzene rings is 2. The van der Waals surface area contributed by atoms with Crippen molar-refractivity contribution in [2.24, 2.45) is 5.16 Å². The first-order valence-electron chi connectivity index (χ1n) is 9.34. The van der Waals surface area contributed by atoms with E-state index in [-0.39, 0.29) is 0 Å². The Morgan fingerprint density at radius 3 is 2.75 bits per heavy atom. The van der Waals surface area contributed by atoms with E-state index in [1.807, 2.05) is 0 Å². The van der Waals surface area contributed by atoms with Crippen molar-refractivity contribution in [3.05, 3.63) is 47.5 Å². The molecule has 0 bridgehead atoms. The summed E-state index contributed by atoms with van der Waals surface area (Å²) in [6, 6.07) is 13.0. The van der Waals surface area contributed by atoms with Crippen LogP contribution in [-0.2, 0) is 11.3 Å². The molecule has 3 nitrogen and oxygen atoms in total. The Labute approximate surface area is 144 Å². The van der Waals surface area contributed by atoms with E-state index >= 15 is 0 Å². The van der Waals surface area contributed by atoms with Crippen LogP contribution in [0.2, 0.25) is 0 Å². The van der Waals surface area contributed by atoms with Gasteiger partial charge < -0.3 is 9.74 Å². The summed E-state index contributed by atoms with van der Waals surface area (Å²) in [6.07, 6.45) is 7.25. The van der Waals surface area contributed by atoms with Crippen LogP contribution in [0.3, 0.4) is 0 Å². The normalized spacial score (nSPS) is 19.8. The van der Waals surface area contributed by atoms with Gasteiger partial charge in [0.1, 0.15) is 6.61 Å². The predicted molar refractivity (Wildman–Crippen MR) is 99.7 cm³/mol. The van der Waals surface area contributed by atoms with E-state index in [2.05, 4.69) is 46.5 Å².